The molecule has 0 heterocycles. The molecule has 0 radical (unpaired) electrons. The van der Waals surface area contributed by atoms with E-state index in [1.54, 1.807) is 0 Å². The van der Waals surface area contributed by atoms with Gasteiger partial charge in [-0.05, 0) is 12.8 Å². The Morgan fingerprint density at radius 2 is 0.744 bits per heavy atom. The number of carbonyl (C=O) groups excluding carboxylic acids is 2. The lowest BCUT2D eigenvalue weighted by Gasteiger charge is -2.33. The van der Waals surface area contributed by atoms with Gasteiger partial charge < -0.3 is 9.59 Å². The Kier molecular flexibility index (Phi) is 29.4. The van der Waals surface area contributed by atoms with Crippen molar-refractivity contribution < 1.29 is 19.2 Å². The van der Waals surface area contributed by atoms with Crippen LogP contribution in [0, 0.1) is 0 Å². The molecule has 0 bridgehead atoms. The predicted molar refractivity (Wildman–Crippen MR) is 188 cm³/mol. The molecule has 2 unspecified atom stereocenters. The van der Waals surface area contributed by atoms with Gasteiger partial charge in [-0.25, -0.2) is 0 Å². The Balaban J connectivity index is 3.94. The number of carbonyl (C=O) groups is 2. The highest BCUT2D eigenvalue weighted by atomic mass is 16.3. The van der Waals surface area contributed by atoms with E-state index in [0.29, 0.717) is 12.8 Å². The van der Waals surface area contributed by atoms with Crippen LogP contribution in [-0.2, 0) is 9.59 Å². The second-order valence-corrected chi connectivity index (χ2v) is 14.6. The molecule has 0 aliphatic rings. The quantitative estimate of drug-likeness (QED) is 0.0449. The maximum atomic E-state index is 13.2. The summed E-state index contributed by atoms with van der Waals surface area (Å²) in [4.78, 5) is 26.3. The van der Waals surface area contributed by atoms with Crippen molar-refractivity contribution >= 4 is 11.6 Å². The van der Waals surface area contributed by atoms with Crippen LogP contribution in [0.3, 0.4) is 0 Å². The van der Waals surface area contributed by atoms with Crippen molar-refractivity contribution in [1.82, 2.24) is 0 Å². The summed E-state index contributed by atoms with van der Waals surface area (Å²) in [7, 11) is 5.72. The van der Waals surface area contributed by atoms with Gasteiger partial charge in [0.15, 0.2) is 5.78 Å². The van der Waals surface area contributed by atoms with Gasteiger partial charge in [0.25, 0.3) is 0 Å². The van der Waals surface area contributed by atoms with Crippen LogP contribution >= 0.6 is 0 Å². The molecule has 43 heavy (non-hydrogen) atoms. The minimum atomic E-state index is -1.01. The number of unbranched alkanes of at least 4 members (excludes halogenated alkanes) is 26. The largest absolute Gasteiger partial charge is 0.385 e. The lowest BCUT2D eigenvalue weighted by molar-refractivity contribution is -0.877. The number of rotatable bonds is 34. The van der Waals surface area contributed by atoms with Crippen LogP contribution in [0.5, 0.6) is 0 Å². The number of quaternary nitrogens is 1. The molecule has 0 aromatic rings. The minimum absolute atomic E-state index is 0.0107. The van der Waals surface area contributed by atoms with E-state index < -0.39 is 12.1 Å². The summed E-state index contributed by atoms with van der Waals surface area (Å²) >= 11 is 0. The Hall–Kier alpha value is -0.740. The zero-order valence-electron chi connectivity index (χ0n) is 30.1. The molecule has 0 amide bonds. The average Bonchev–Trinajstić information content (AvgIpc) is 2.96. The second-order valence-electron chi connectivity index (χ2n) is 14.6. The summed E-state index contributed by atoms with van der Waals surface area (Å²) in [5.74, 6) is -0.256. The minimum Gasteiger partial charge on any atom is -0.385 e. The first-order valence-corrected chi connectivity index (χ1v) is 19.3. The predicted octanol–water partition coefficient (Wildman–Crippen LogP) is 11.3. The SMILES string of the molecule is CCCCCCCCCCCCCCCCCC(=O)C(C(=O)C(O)CCCCCCCCCCCCCCC)[N+](C)(C)C. The van der Waals surface area contributed by atoms with Crippen LogP contribution in [0.25, 0.3) is 0 Å². The molecular formula is C39H78NO3+. The Morgan fingerprint density at radius 1 is 0.465 bits per heavy atom. The average molecular weight is 609 g/mol. The third kappa shape index (κ3) is 26.2. The van der Waals surface area contributed by atoms with Gasteiger partial charge in [0.05, 0.1) is 21.1 Å². The lowest BCUT2D eigenvalue weighted by Crippen LogP contribution is -2.57. The first-order chi connectivity index (χ1) is 20.8. The maximum absolute atomic E-state index is 13.2. The Morgan fingerprint density at radius 3 is 1.05 bits per heavy atom. The number of ketones is 2. The van der Waals surface area contributed by atoms with Crippen LogP contribution in [0.1, 0.15) is 206 Å². The molecule has 256 valence electrons. The van der Waals surface area contributed by atoms with E-state index in [1.807, 2.05) is 21.1 Å². The number of aliphatic hydroxyl groups is 1. The van der Waals surface area contributed by atoms with E-state index in [9.17, 15) is 14.7 Å². The zero-order chi connectivity index (χ0) is 32.0. The van der Waals surface area contributed by atoms with E-state index in [-0.39, 0.29) is 16.0 Å². The smallest absolute Gasteiger partial charge is 0.226 e. The number of hydrogen-bond donors (Lipinski definition) is 1. The van der Waals surface area contributed by atoms with Gasteiger partial charge in [0.2, 0.25) is 11.8 Å². The number of Topliss-reactive ketones (excluding diaryl/α,β-unsaturated/α-hetero) is 2. The van der Waals surface area contributed by atoms with Gasteiger partial charge in [-0.1, -0.05) is 187 Å². The maximum Gasteiger partial charge on any atom is 0.226 e. The molecule has 0 aromatic heterocycles. The van der Waals surface area contributed by atoms with Gasteiger partial charge in [-0.15, -0.1) is 0 Å². The molecule has 4 heteroatoms. The monoisotopic (exact) mass is 609 g/mol. The summed E-state index contributed by atoms with van der Waals surface area (Å²) in [5.41, 5.74) is 0. The van der Waals surface area contributed by atoms with Crippen molar-refractivity contribution in [2.24, 2.45) is 0 Å². The van der Waals surface area contributed by atoms with E-state index in [2.05, 4.69) is 13.8 Å². The van der Waals surface area contributed by atoms with Crippen molar-refractivity contribution in [2.45, 2.75) is 219 Å². The normalized spacial score (nSPS) is 13.3. The van der Waals surface area contributed by atoms with E-state index in [4.69, 9.17) is 0 Å². The molecule has 0 aliphatic carbocycles. The fourth-order valence-corrected chi connectivity index (χ4v) is 6.46. The third-order valence-electron chi connectivity index (χ3n) is 9.29. The third-order valence-corrected chi connectivity index (χ3v) is 9.29. The molecular weight excluding hydrogens is 530 g/mol. The fraction of sp³-hybridized carbons (Fsp3) is 0.949. The number of hydrogen-bond acceptors (Lipinski definition) is 3. The van der Waals surface area contributed by atoms with Crippen LogP contribution in [0.4, 0.5) is 0 Å². The number of aliphatic hydroxyl groups excluding tert-OH is 1. The van der Waals surface area contributed by atoms with Crippen LogP contribution in [-0.4, -0.2) is 54.4 Å². The highest BCUT2D eigenvalue weighted by Crippen LogP contribution is 2.18. The molecule has 1 N–H and O–H groups in total. The molecule has 4 nitrogen and oxygen atoms in total. The van der Waals surface area contributed by atoms with E-state index in [0.717, 1.165) is 25.7 Å². The summed E-state index contributed by atoms with van der Waals surface area (Å²) < 4.78 is 0.270. The van der Waals surface area contributed by atoms with Gasteiger partial charge >= 0.3 is 0 Å². The molecule has 2 atom stereocenters. The summed E-state index contributed by atoms with van der Waals surface area (Å²) in [6.45, 7) is 4.54. The van der Waals surface area contributed by atoms with Gasteiger partial charge in [-0.3, -0.25) is 9.59 Å². The topological polar surface area (TPSA) is 54.4 Å². The van der Waals surface area contributed by atoms with Crippen LogP contribution in [0.15, 0.2) is 0 Å². The first kappa shape index (κ1) is 42.3. The van der Waals surface area contributed by atoms with Gasteiger partial charge in [0.1, 0.15) is 6.10 Å². The van der Waals surface area contributed by atoms with Crippen molar-refractivity contribution in [1.29, 1.82) is 0 Å². The molecule has 0 spiro atoms. The van der Waals surface area contributed by atoms with Gasteiger partial charge in [0, 0.05) is 6.42 Å². The standard InChI is InChI=1S/C39H78NO3/c1-6-8-10-12-14-16-18-20-21-23-24-26-28-30-32-34-36(41)38(40(3,4)5)39(43)37(42)35-33-31-29-27-25-22-19-17-15-13-11-9-7-2/h37-38,42H,6-35H2,1-5H3/q+1. The van der Waals surface area contributed by atoms with Crippen LogP contribution in [0.2, 0.25) is 0 Å². The molecule has 0 aliphatic heterocycles. The molecule has 0 aromatic carbocycles. The van der Waals surface area contributed by atoms with Crippen molar-refractivity contribution in [3.8, 4) is 0 Å². The molecule has 0 saturated carbocycles. The zero-order valence-corrected chi connectivity index (χ0v) is 30.1. The number of nitrogens with zero attached hydrogens (tertiary/aromatic N) is 1. The summed E-state index contributed by atoms with van der Waals surface area (Å²) in [6, 6.07) is -0.747. The van der Waals surface area contributed by atoms with Crippen LogP contribution < -0.4 is 0 Å². The van der Waals surface area contributed by atoms with E-state index in [1.165, 1.54) is 154 Å². The lowest BCUT2D eigenvalue weighted by atomic mass is 9.94. The van der Waals surface area contributed by atoms with E-state index >= 15 is 0 Å². The number of likely N-dealkylation sites (N-methyl/N-ethyl adjacent to an activating group) is 1. The Labute approximate surface area is 270 Å². The second kappa shape index (κ2) is 29.9. The van der Waals surface area contributed by atoms with Crippen molar-refractivity contribution in [3.63, 3.8) is 0 Å². The summed E-state index contributed by atoms with van der Waals surface area (Å²) in [6.07, 6.45) is 36.0. The van der Waals surface area contributed by atoms with Crippen molar-refractivity contribution in [2.75, 3.05) is 21.1 Å². The Bertz CT molecular complexity index is 626. The molecule has 0 fully saturated rings. The highest BCUT2D eigenvalue weighted by molar-refractivity contribution is 6.06. The van der Waals surface area contributed by atoms with Gasteiger partial charge in [-0.2, -0.15) is 0 Å². The van der Waals surface area contributed by atoms with Crippen molar-refractivity contribution in [3.05, 3.63) is 0 Å². The molecule has 0 saturated heterocycles. The highest BCUT2D eigenvalue weighted by Gasteiger charge is 2.40. The first-order valence-electron chi connectivity index (χ1n) is 19.3. The summed E-state index contributed by atoms with van der Waals surface area (Å²) in [5, 5.41) is 10.7. The fourth-order valence-electron chi connectivity index (χ4n) is 6.46. The molecule has 0 rings (SSSR count).